The molecule has 0 amide bonds. The molecule has 88 valence electrons. The van der Waals surface area contributed by atoms with E-state index in [1.54, 1.807) is 11.3 Å². The molecule has 1 aromatic carbocycles. The molecule has 1 aliphatic heterocycles. The standard InChI is InChI=1S/C13H11BrO2S/c14-12-6-10(7-17-12)13(15)9-1-2-11-8(5-9)3-4-16-11/h1-2,5-7,13,15H,3-4H2. The van der Waals surface area contributed by atoms with Crippen LogP contribution in [0.4, 0.5) is 0 Å². The minimum Gasteiger partial charge on any atom is -0.493 e. The number of benzene rings is 1. The van der Waals surface area contributed by atoms with Gasteiger partial charge in [0.15, 0.2) is 0 Å². The summed E-state index contributed by atoms with van der Waals surface area (Å²) in [5.41, 5.74) is 3.05. The van der Waals surface area contributed by atoms with E-state index in [2.05, 4.69) is 15.9 Å². The Labute approximate surface area is 112 Å². The first kappa shape index (κ1) is 11.3. The first-order valence-corrected chi connectivity index (χ1v) is 7.09. The third kappa shape index (κ3) is 2.12. The van der Waals surface area contributed by atoms with Crippen molar-refractivity contribution in [2.45, 2.75) is 12.5 Å². The molecule has 2 heterocycles. The lowest BCUT2D eigenvalue weighted by Gasteiger charge is -2.10. The van der Waals surface area contributed by atoms with Crippen molar-refractivity contribution in [3.8, 4) is 5.75 Å². The van der Waals surface area contributed by atoms with Gasteiger partial charge in [-0.1, -0.05) is 6.07 Å². The number of aliphatic hydroxyl groups excluding tert-OH is 1. The SMILES string of the molecule is OC(c1csc(Br)c1)c1ccc2c(c1)CCO2. The van der Waals surface area contributed by atoms with E-state index in [1.165, 1.54) is 5.56 Å². The van der Waals surface area contributed by atoms with Crippen LogP contribution in [0.1, 0.15) is 22.8 Å². The van der Waals surface area contributed by atoms with Crippen molar-refractivity contribution >= 4 is 27.3 Å². The molecule has 1 atom stereocenters. The smallest absolute Gasteiger partial charge is 0.122 e. The zero-order valence-electron chi connectivity index (χ0n) is 9.02. The van der Waals surface area contributed by atoms with Gasteiger partial charge in [-0.05, 0) is 56.2 Å². The van der Waals surface area contributed by atoms with Crippen LogP contribution < -0.4 is 4.74 Å². The number of thiophene rings is 1. The Bertz CT molecular complexity index is 550. The van der Waals surface area contributed by atoms with Gasteiger partial charge in [0.25, 0.3) is 0 Å². The van der Waals surface area contributed by atoms with E-state index in [9.17, 15) is 5.11 Å². The second-order valence-electron chi connectivity index (χ2n) is 4.05. The Balaban J connectivity index is 1.94. The van der Waals surface area contributed by atoms with Gasteiger partial charge in [-0.2, -0.15) is 0 Å². The molecule has 0 saturated heterocycles. The Morgan fingerprint density at radius 3 is 2.94 bits per heavy atom. The van der Waals surface area contributed by atoms with Crippen molar-refractivity contribution < 1.29 is 9.84 Å². The quantitative estimate of drug-likeness (QED) is 0.919. The molecule has 1 aliphatic rings. The van der Waals surface area contributed by atoms with Crippen LogP contribution >= 0.6 is 27.3 Å². The van der Waals surface area contributed by atoms with Crippen molar-refractivity contribution in [3.63, 3.8) is 0 Å². The molecule has 0 radical (unpaired) electrons. The predicted molar refractivity (Wildman–Crippen MR) is 71.7 cm³/mol. The normalized spacial score (nSPS) is 15.4. The van der Waals surface area contributed by atoms with E-state index in [1.807, 2.05) is 29.6 Å². The van der Waals surface area contributed by atoms with Crippen molar-refractivity contribution in [2.24, 2.45) is 0 Å². The topological polar surface area (TPSA) is 29.5 Å². The summed E-state index contributed by atoms with van der Waals surface area (Å²) >= 11 is 4.99. The molecule has 0 aliphatic carbocycles. The summed E-state index contributed by atoms with van der Waals surface area (Å²) in [5.74, 6) is 0.951. The summed E-state index contributed by atoms with van der Waals surface area (Å²) in [6.07, 6.45) is 0.381. The fraction of sp³-hybridized carbons (Fsp3) is 0.231. The molecule has 4 heteroatoms. The molecule has 0 saturated carbocycles. The third-order valence-electron chi connectivity index (χ3n) is 2.93. The number of halogens is 1. The predicted octanol–water partition coefficient (Wildman–Crippen LogP) is 3.53. The Morgan fingerprint density at radius 2 is 2.18 bits per heavy atom. The van der Waals surface area contributed by atoms with Crippen LogP contribution in [0.25, 0.3) is 0 Å². The zero-order valence-corrected chi connectivity index (χ0v) is 11.4. The van der Waals surface area contributed by atoms with Crippen molar-refractivity contribution in [2.75, 3.05) is 6.61 Å². The van der Waals surface area contributed by atoms with E-state index >= 15 is 0 Å². The molecule has 1 N–H and O–H groups in total. The lowest BCUT2D eigenvalue weighted by atomic mass is 10.0. The zero-order chi connectivity index (χ0) is 11.8. The minimum absolute atomic E-state index is 0.552. The summed E-state index contributed by atoms with van der Waals surface area (Å²) in [4.78, 5) is 0. The molecule has 0 spiro atoms. The van der Waals surface area contributed by atoms with Crippen LogP contribution in [-0.2, 0) is 6.42 Å². The summed E-state index contributed by atoms with van der Waals surface area (Å²) < 4.78 is 6.49. The van der Waals surface area contributed by atoms with Crippen LogP contribution in [0.2, 0.25) is 0 Å². The Morgan fingerprint density at radius 1 is 1.29 bits per heavy atom. The van der Waals surface area contributed by atoms with Gasteiger partial charge in [0.05, 0.1) is 10.4 Å². The summed E-state index contributed by atoms with van der Waals surface area (Å²) in [5, 5.41) is 12.3. The monoisotopic (exact) mass is 310 g/mol. The number of ether oxygens (including phenoxy) is 1. The highest BCUT2D eigenvalue weighted by molar-refractivity contribution is 9.11. The van der Waals surface area contributed by atoms with Crippen LogP contribution in [-0.4, -0.2) is 11.7 Å². The van der Waals surface area contributed by atoms with Crippen LogP contribution in [0.5, 0.6) is 5.75 Å². The van der Waals surface area contributed by atoms with Crippen LogP contribution in [0, 0.1) is 0 Å². The van der Waals surface area contributed by atoms with E-state index in [0.29, 0.717) is 0 Å². The van der Waals surface area contributed by atoms with Gasteiger partial charge in [-0.25, -0.2) is 0 Å². The highest BCUT2D eigenvalue weighted by Crippen LogP contribution is 2.33. The molecule has 1 aromatic heterocycles. The molecule has 2 nitrogen and oxygen atoms in total. The third-order valence-corrected chi connectivity index (χ3v) is 4.46. The van der Waals surface area contributed by atoms with Gasteiger partial charge in [0, 0.05) is 6.42 Å². The largest absolute Gasteiger partial charge is 0.493 e. The van der Waals surface area contributed by atoms with Crippen LogP contribution in [0.3, 0.4) is 0 Å². The van der Waals surface area contributed by atoms with Gasteiger partial charge in [-0.3, -0.25) is 0 Å². The fourth-order valence-corrected chi connectivity index (χ4v) is 3.23. The number of hydrogen-bond donors (Lipinski definition) is 1. The Kier molecular flexibility index (Phi) is 2.94. The van der Waals surface area contributed by atoms with Gasteiger partial charge in [-0.15, -0.1) is 11.3 Å². The molecule has 0 fully saturated rings. The number of rotatable bonds is 2. The molecule has 3 rings (SSSR count). The van der Waals surface area contributed by atoms with E-state index in [0.717, 1.165) is 33.7 Å². The summed E-state index contributed by atoms with van der Waals surface area (Å²) in [6.45, 7) is 0.749. The van der Waals surface area contributed by atoms with Gasteiger partial charge < -0.3 is 9.84 Å². The van der Waals surface area contributed by atoms with Crippen LogP contribution in [0.15, 0.2) is 33.4 Å². The molecule has 2 aromatic rings. The highest BCUT2D eigenvalue weighted by atomic mass is 79.9. The molecule has 1 unspecified atom stereocenters. The summed E-state index contributed by atoms with van der Waals surface area (Å²) in [6, 6.07) is 7.88. The maximum atomic E-state index is 10.3. The molecular formula is C13H11BrO2S. The first-order valence-electron chi connectivity index (χ1n) is 5.41. The average Bonchev–Trinajstić information content (AvgIpc) is 2.95. The summed E-state index contributed by atoms with van der Waals surface area (Å²) in [7, 11) is 0. The number of hydrogen-bond acceptors (Lipinski definition) is 3. The van der Waals surface area contributed by atoms with E-state index in [-0.39, 0.29) is 0 Å². The van der Waals surface area contributed by atoms with Crippen molar-refractivity contribution in [1.82, 2.24) is 0 Å². The number of fused-ring (bicyclic) bond motifs is 1. The Hall–Kier alpha value is -0.840. The maximum Gasteiger partial charge on any atom is 0.122 e. The molecule has 0 bridgehead atoms. The second-order valence-corrected chi connectivity index (χ2v) is 6.34. The van der Waals surface area contributed by atoms with Gasteiger partial charge in [0.2, 0.25) is 0 Å². The van der Waals surface area contributed by atoms with E-state index < -0.39 is 6.10 Å². The average molecular weight is 311 g/mol. The lowest BCUT2D eigenvalue weighted by Crippen LogP contribution is -1.98. The second kappa shape index (κ2) is 4.44. The van der Waals surface area contributed by atoms with Gasteiger partial charge >= 0.3 is 0 Å². The fourth-order valence-electron chi connectivity index (χ4n) is 2.04. The maximum absolute atomic E-state index is 10.3. The lowest BCUT2D eigenvalue weighted by molar-refractivity contribution is 0.220. The van der Waals surface area contributed by atoms with Crippen molar-refractivity contribution in [3.05, 3.63) is 50.1 Å². The molecule has 17 heavy (non-hydrogen) atoms. The van der Waals surface area contributed by atoms with E-state index in [4.69, 9.17) is 4.74 Å². The first-order chi connectivity index (χ1) is 8.24. The van der Waals surface area contributed by atoms with Gasteiger partial charge in [0.1, 0.15) is 11.9 Å². The molecular weight excluding hydrogens is 300 g/mol. The minimum atomic E-state index is -0.552. The number of aliphatic hydroxyl groups is 1. The van der Waals surface area contributed by atoms with Crippen molar-refractivity contribution in [1.29, 1.82) is 0 Å². The highest BCUT2D eigenvalue weighted by Gasteiger charge is 2.17.